The van der Waals surface area contributed by atoms with E-state index in [0.29, 0.717) is 0 Å². The molecular formula is C48H33BN2. The fraction of sp³-hybridized carbons (Fsp3) is 0.0833. The molecule has 8 aromatic carbocycles. The molecule has 2 aliphatic heterocycles. The predicted molar refractivity (Wildman–Crippen MR) is 218 cm³/mol. The van der Waals surface area contributed by atoms with Crippen molar-refractivity contribution < 1.29 is 0 Å². The van der Waals surface area contributed by atoms with E-state index in [-0.39, 0.29) is 6.85 Å². The summed E-state index contributed by atoms with van der Waals surface area (Å²) in [6, 6.07) is 48.8. The molecule has 0 aliphatic carbocycles. The van der Waals surface area contributed by atoms with E-state index >= 15 is 0 Å². The van der Waals surface area contributed by atoms with Gasteiger partial charge in [0.2, 0.25) is 0 Å². The molecule has 0 saturated carbocycles. The second-order valence-corrected chi connectivity index (χ2v) is 15.1. The number of benzene rings is 8. The molecular weight excluding hydrogens is 615 g/mol. The molecule has 2 aromatic heterocycles. The molecule has 3 heteroatoms. The van der Waals surface area contributed by atoms with Gasteiger partial charge < -0.3 is 9.05 Å². The van der Waals surface area contributed by atoms with Crippen molar-refractivity contribution in [1.29, 1.82) is 0 Å². The lowest BCUT2D eigenvalue weighted by molar-refractivity contribution is 1.18. The van der Waals surface area contributed by atoms with Crippen molar-refractivity contribution in [2.45, 2.75) is 27.7 Å². The maximum atomic E-state index is 2.70. The fourth-order valence-electron chi connectivity index (χ4n) is 10.4. The SMILES string of the molecule is Cc1cccc(C)c1-c1ccc2c(c1)c1cc(-c3c(C)cccc3C)cc3c1n2B1c2c-3cccc2-n2c3cccc4ccc5ccc1c2c5c43. The molecule has 51 heavy (non-hydrogen) atoms. The lowest BCUT2D eigenvalue weighted by atomic mass is 9.45. The summed E-state index contributed by atoms with van der Waals surface area (Å²) in [5.74, 6) is 0. The summed E-state index contributed by atoms with van der Waals surface area (Å²) in [4.78, 5) is 0. The van der Waals surface area contributed by atoms with Gasteiger partial charge in [-0.05, 0) is 136 Å². The van der Waals surface area contributed by atoms with E-state index < -0.39 is 0 Å². The van der Waals surface area contributed by atoms with Gasteiger partial charge in [0.05, 0.1) is 11.0 Å². The Hall–Kier alpha value is -6.06. The van der Waals surface area contributed by atoms with E-state index in [1.807, 2.05) is 0 Å². The van der Waals surface area contributed by atoms with E-state index in [1.54, 1.807) is 0 Å². The molecule has 4 heterocycles. The maximum absolute atomic E-state index is 2.70. The summed E-state index contributed by atoms with van der Waals surface area (Å²) < 4.78 is 5.28. The highest BCUT2D eigenvalue weighted by atomic mass is 15.0. The molecule has 0 atom stereocenters. The lowest BCUT2D eigenvalue weighted by Gasteiger charge is -2.34. The molecule has 12 rings (SSSR count). The third-order valence-corrected chi connectivity index (χ3v) is 12.4. The molecule has 238 valence electrons. The van der Waals surface area contributed by atoms with Crippen LogP contribution < -0.4 is 10.9 Å². The Kier molecular flexibility index (Phi) is 5.10. The summed E-state index contributed by atoms with van der Waals surface area (Å²) in [5.41, 5.74) is 22.5. The van der Waals surface area contributed by atoms with Crippen molar-refractivity contribution in [2.75, 3.05) is 0 Å². The van der Waals surface area contributed by atoms with Gasteiger partial charge >= 0.3 is 6.85 Å². The van der Waals surface area contributed by atoms with E-state index in [9.17, 15) is 0 Å². The van der Waals surface area contributed by atoms with Crippen LogP contribution in [-0.2, 0) is 0 Å². The molecule has 0 saturated heterocycles. The molecule has 10 aromatic rings. The molecule has 0 radical (unpaired) electrons. The van der Waals surface area contributed by atoms with Gasteiger partial charge in [0.15, 0.2) is 0 Å². The van der Waals surface area contributed by atoms with Crippen LogP contribution in [0.4, 0.5) is 0 Å². The van der Waals surface area contributed by atoms with Crippen LogP contribution in [0.25, 0.3) is 93.5 Å². The molecule has 2 aliphatic rings. The highest BCUT2D eigenvalue weighted by Crippen LogP contribution is 2.47. The summed E-state index contributed by atoms with van der Waals surface area (Å²) >= 11 is 0. The summed E-state index contributed by atoms with van der Waals surface area (Å²) in [5, 5.41) is 8.03. The Morgan fingerprint density at radius 2 is 1.12 bits per heavy atom. The van der Waals surface area contributed by atoms with Crippen molar-refractivity contribution in [3.05, 3.63) is 150 Å². The van der Waals surface area contributed by atoms with Crippen molar-refractivity contribution in [3.63, 3.8) is 0 Å². The zero-order chi connectivity index (χ0) is 33.9. The van der Waals surface area contributed by atoms with Crippen molar-refractivity contribution >= 4 is 72.2 Å². The summed E-state index contributed by atoms with van der Waals surface area (Å²) in [6.07, 6.45) is 0. The minimum absolute atomic E-state index is 0.0565. The van der Waals surface area contributed by atoms with E-state index in [2.05, 4.69) is 164 Å². The first kappa shape index (κ1) is 27.7. The Morgan fingerprint density at radius 1 is 0.471 bits per heavy atom. The topological polar surface area (TPSA) is 9.86 Å². The quantitative estimate of drug-likeness (QED) is 0.130. The van der Waals surface area contributed by atoms with Crippen LogP contribution in [0.3, 0.4) is 0 Å². The smallest absolute Gasteiger partial charge is 0.333 e. The van der Waals surface area contributed by atoms with Crippen LogP contribution in [0.5, 0.6) is 0 Å². The minimum Gasteiger partial charge on any atom is -0.375 e. The third kappa shape index (κ3) is 3.31. The van der Waals surface area contributed by atoms with Crippen LogP contribution in [0.1, 0.15) is 22.3 Å². The van der Waals surface area contributed by atoms with E-state index in [4.69, 9.17) is 0 Å². The molecule has 0 spiro atoms. The van der Waals surface area contributed by atoms with Gasteiger partial charge in [-0.25, -0.2) is 0 Å². The van der Waals surface area contributed by atoms with Gasteiger partial charge in [-0.3, -0.25) is 0 Å². The predicted octanol–water partition coefficient (Wildman–Crippen LogP) is 11.0. The zero-order valence-corrected chi connectivity index (χ0v) is 29.1. The van der Waals surface area contributed by atoms with Crippen molar-refractivity contribution in [3.8, 4) is 39.1 Å². The Morgan fingerprint density at radius 3 is 1.88 bits per heavy atom. The normalized spacial score (nSPS) is 13.1. The first-order valence-electron chi connectivity index (χ1n) is 18.1. The molecule has 0 bridgehead atoms. The van der Waals surface area contributed by atoms with Crippen LogP contribution in [-0.4, -0.2) is 15.9 Å². The Labute approximate surface area is 296 Å². The van der Waals surface area contributed by atoms with Gasteiger partial charge in [0.25, 0.3) is 0 Å². The van der Waals surface area contributed by atoms with Gasteiger partial charge in [0.1, 0.15) is 0 Å². The Bertz CT molecular complexity index is 3150. The monoisotopic (exact) mass is 648 g/mol. The van der Waals surface area contributed by atoms with E-state index in [1.165, 1.54) is 127 Å². The van der Waals surface area contributed by atoms with Crippen LogP contribution >= 0.6 is 0 Å². The minimum atomic E-state index is 0.0565. The second kappa shape index (κ2) is 9.38. The van der Waals surface area contributed by atoms with Gasteiger partial charge in [-0.1, -0.05) is 91.0 Å². The average molecular weight is 649 g/mol. The first-order chi connectivity index (χ1) is 25.0. The zero-order valence-electron chi connectivity index (χ0n) is 29.1. The molecule has 0 unspecified atom stereocenters. The second-order valence-electron chi connectivity index (χ2n) is 15.1. The van der Waals surface area contributed by atoms with Gasteiger partial charge in [-0.2, -0.15) is 0 Å². The molecule has 0 N–H and O–H groups in total. The maximum Gasteiger partial charge on any atom is 0.333 e. The average Bonchev–Trinajstić information content (AvgIpc) is 3.66. The highest BCUT2D eigenvalue weighted by Gasteiger charge is 2.41. The standard InChI is InChI=1S/C48H33BN2/c1-26-9-5-10-27(2)42(26)32-20-22-39-35(23-32)37-25-33(43-28(3)11-6-12-29(43)4)24-36-34-14-8-16-41-46(34)49(51(39)47(36)37)38-21-19-31-18-17-30-13-7-15-40-44(30)45(31)48(38)50(40)41/h5-25H,1-4H3. The number of hydrogen-bond donors (Lipinski definition) is 0. The van der Waals surface area contributed by atoms with Gasteiger partial charge in [0, 0.05) is 43.8 Å². The molecule has 0 fully saturated rings. The van der Waals surface area contributed by atoms with Crippen molar-refractivity contribution in [2.24, 2.45) is 0 Å². The first-order valence-corrected chi connectivity index (χ1v) is 18.1. The van der Waals surface area contributed by atoms with Crippen LogP contribution in [0.2, 0.25) is 0 Å². The number of fused-ring (bicyclic) bond motifs is 8. The van der Waals surface area contributed by atoms with Gasteiger partial charge in [-0.15, -0.1) is 0 Å². The van der Waals surface area contributed by atoms with Crippen LogP contribution in [0, 0.1) is 27.7 Å². The highest BCUT2D eigenvalue weighted by molar-refractivity contribution is 6.90. The summed E-state index contributed by atoms with van der Waals surface area (Å²) in [7, 11) is 0. The summed E-state index contributed by atoms with van der Waals surface area (Å²) in [6.45, 7) is 9.05. The Balaban J connectivity index is 1.28. The molecule has 2 nitrogen and oxygen atoms in total. The van der Waals surface area contributed by atoms with E-state index in [0.717, 1.165) is 0 Å². The number of rotatable bonds is 2. The van der Waals surface area contributed by atoms with Crippen molar-refractivity contribution in [1.82, 2.24) is 9.05 Å². The number of nitrogens with zero attached hydrogens (tertiary/aromatic N) is 2. The largest absolute Gasteiger partial charge is 0.375 e. The third-order valence-electron chi connectivity index (χ3n) is 12.4. The number of aromatic nitrogens is 2. The number of hydrogen-bond acceptors (Lipinski definition) is 0. The number of aryl methyl sites for hydroxylation is 4. The lowest BCUT2D eigenvalue weighted by Crippen LogP contribution is -2.55. The molecule has 0 amide bonds. The van der Waals surface area contributed by atoms with Crippen LogP contribution in [0.15, 0.2) is 127 Å². The fourth-order valence-corrected chi connectivity index (χ4v) is 10.4.